The number of halogens is 4. The van der Waals surface area contributed by atoms with Gasteiger partial charge in [0.05, 0.1) is 30.7 Å². The van der Waals surface area contributed by atoms with Crippen molar-refractivity contribution in [3.8, 4) is 0 Å². The molecule has 260 valence electrons. The molecule has 3 unspecified atom stereocenters. The van der Waals surface area contributed by atoms with E-state index in [1.165, 1.54) is 9.80 Å². The summed E-state index contributed by atoms with van der Waals surface area (Å²) in [4.78, 5) is 18.0. The zero-order valence-electron chi connectivity index (χ0n) is 25.9. The number of hydrogen-bond donors (Lipinski definition) is 6. The molecule has 1 amide bonds. The van der Waals surface area contributed by atoms with Crippen LogP contribution in [-0.2, 0) is 9.53 Å². The van der Waals surface area contributed by atoms with E-state index in [1.807, 2.05) is 0 Å². The molecule has 11 nitrogen and oxygen atoms in total. The molecule has 45 heavy (non-hydrogen) atoms. The fourth-order valence-corrected chi connectivity index (χ4v) is 7.87. The van der Waals surface area contributed by atoms with Crippen LogP contribution in [0, 0.1) is 11.8 Å². The number of nitrogens with one attached hydrogen (secondary N) is 2. The summed E-state index contributed by atoms with van der Waals surface area (Å²) in [5, 5.41) is 45.6. The van der Waals surface area contributed by atoms with Crippen LogP contribution >= 0.6 is 11.6 Å². The molecular formula is C30H51ClF3N5O6. The van der Waals surface area contributed by atoms with E-state index in [9.17, 15) is 28.9 Å². The van der Waals surface area contributed by atoms with Crippen LogP contribution in [0.15, 0.2) is 0 Å². The molecule has 5 rings (SSSR count). The van der Waals surface area contributed by atoms with Crippen LogP contribution in [-0.4, -0.2) is 160 Å². The molecule has 1 aliphatic carbocycles. The molecule has 0 radical (unpaired) electrons. The first-order valence-corrected chi connectivity index (χ1v) is 17.0. The average molecular weight is 670 g/mol. The van der Waals surface area contributed by atoms with Crippen molar-refractivity contribution >= 4 is 17.5 Å². The number of nitrogens with zero attached hydrogens (tertiary/aromatic N) is 3. The molecule has 4 heterocycles. The first-order valence-electron chi connectivity index (χ1n) is 16.6. The van der Waals surface area contributed by atoms with Gasteiger partial charge >= 0.3 is 0 Å². The summed E-state index contributed by atoms with van der Waals surface area (Å²) in [6.45, 7) is 2.05. The first-order chi connectivity index (χ1) is 21.4. The Kier molecular flexibility index (Phi) is 12.0. The van der Waals surface area contributed by atoms with Gasteiger partial charge in [0.25, 0.3) is 5.92 Å². The Morgan fingerprint density at radius 2 is 1.71 bits per heavy atom. The Morgan fingerprint density at radius 1 is 1.02 bits per heavy atom. The molecular weight excluding hydrogens is 619 g/mol. The first kappa shape index (κ1) is 35.5. The third-order valence-corrected chi connectivity index (χ3v) is 11.1. The lowest BCUT2D eigenvalue weighted by Crippen LogP contribution is -2.88. The lowest BCUT2D eigenvalue weighted by atomic mass is 9.73. The van der Waals surface area contributed by atoms with Crippen molar-refractivity contribution in [1.82, 2.24) is 25.3 Å². The maximum Gasteiger partial charge on any atom is 0.281 e. The maximum absolute atomic E-state index is 15.1. The number of amides is 1. The van der Waals surface area contributed by atoms with Gasteiger partial charge in [-0.3, -0.25) is 25.2 Å². The minimum absolute atomic E-state index is 0.0450. The van der Waals surface area contributed by atoms with E-state index >= 15 is 4.39 Å². The van der Waals surface area contributed by atoms with Gasteiger partial charge in [0, 0.05) is 65.3 Å². The lowest BCUT2D eigenvalue weighted by Gasteiger charge is -2.66. The SMILES string of the molecule is O=C(CC1CCC(OCCCC2CCN(C3NCC(Cl)CN3)CC2)CC1F)N1CC2(C1)N(C[C@H](O)[C@H](O)[C@H](O)CO)CC2(F)F. The second-order valence-electron chi connectivity index (χ2n) is 13.9. The van der Waals surface area contributed by atoms with E-state index in [2.05, 4.69) is 15.5 Å². The number of rotatable bonds is 13. The summed E-state index contributed by atoms with van der Waals surface area (Å²) in [5.41, 5.74) is -1.65. The highest BCUT2D eigenvalue weighted by atomic mass is 35.5. The van der Waals surface area contributed by atoms with Gasteiger partial charge in [-0.2, -0.15) is 0 Å². The maximum atomic E-state index is 15.1. The second-order valence-corrected chi connectivity index (χ2v) is 14.5. The van der Waals surface area contributed by atoms with Crippen LogP contribution in [0.3, 0.4) is 0 Å². The minimum Gasteiger partial charge on any atom is -0.394 e. The van der Waals surface area contributed by atoms with E-state index in [0.717, 1.165) is 51.9 Å². The smallest absolute Gasteiger partial charge is 0.281 e. The van der Waals surface area contributed by atoms with Gasteiger partial charge in [-0.05, 0) is 50.4 Å². The molecule has 1 saturated carbocycles. The van der Waals surface area contributed by atoms with Crippen LogP contribution in [0.2, 0.25) is 0 Å². The number of likely N-dealkylation sites (tertiary alicyclic amines) is 3. The molecule has 5 fully saturated rings. The van der Waals surface area contributed by atoms with Gasteiger partial charge in [0.15, 0.2) is 0 Å². The summed E-state index contributed by atoms with van der Waals surface area (Å²) in [5.74, 6) is -3.26. The molecule has 6 atom stereocenters. The highest BCUT2D eigenvalue weighted by Crippen LogP contribution is 2.50. The topological polar surface area (TPSA) is 141 Å². The van der Waals surface area contributed by atoms with Crippen LogP contribution < -0.4 is 10.6 Å². The zero-order valence-corrected chi connectivity index (χ0v) is 26.6. The molecule has 4 aliphatic heterocycles. The third-order valence-electron chi connectivity index (χ3n) is 10.8. The molecule has 0 aromatic rings. The summed E-state index contributed by atoms with van der Waals surface area (Å²) in [6.07, 6.45) is -0.344. The number of aliphatic hydroxyl groups excluding tert-OH is 4. The van der Waals surface area contributed by atoms with E-state index in [1.54, 1.807) is 0 Å². The van der Waals surface area contributed by atoms with Gasteiger partial charge < -0.3 is 30.1 Å². The number of alkyl halides is 4. The molecule has 15 heteroatoms. The Labute approximate surface area is 268 Å². The van der Waals surface area contributed by atoms with Gasteiger partial charge in [0.2, 0.25) is 5.91 Å². The van der Waals surface area contributed by atoms with Crippen LogP contribution in [0.4, 0.5) is 13.2 Å². The summed E-state index contributed by atoms with van der Waals surface area (Å²) < 4.78 is 50.3. The van der Waals surface area contributed by atoms with Crippen LogP contribution in [0.5, 0.6) is 0 Å². The van der Waals surface area contributed by atoms with Crippen molar-refractivity contribution in [1.29, 1.82) is 0 Å². The second kappa shape index (κ2) is 15.2. The van der Waals surface area contributed by atoms with E-state index in [4.69, 9.17) is 21.4 Å². The van der Waals surface area contributed by atoms with Gasteiger partial charge in [-0.15, -0.1) is 11.6 Å². The van der Waals surface area contributed by atoms with Gasteiger partial charge in [0.1, 0.15) is 30.2 Å². The van der Waals surface area contributed by atoms with Crippen molar-refractivity contribution in [2.45, 2.75) is 105 Å². The predicted molar refractivity (Wildman–Crippen MR) is 160 cm³/mol. The van der Waals surface area contributed by atoms with Crippen molar-refractivity contribution in [2.24, 2.45) is 11.8 Å². The third kappa shape index (κ3) is 8.09. The number of carbonyl (C=O) groups is 1. The molecule has 1 spiro atoms. The molecule has 0 aromatic heterocycles. The Hall–Kier alpha value is -0.810. The summed E-state index contributed by atoms with van der Waals surface area (Å²) in [7, 11) is 0. The zero-order chi connectivity index (χ0) is 32.4. The number of ether oxygens (including phenoxy) is 1. The van der Waals surface area contributed by atoms with Crippen molar-refractivity contribution in [3.63, 3.8) is 0 Å². The predicted octanol–water partition coefficient (Wildman–Crippen LogP) is 0.0828. The summed E-state index contributed by atoms with van der Waals surface area (Å²) in [6, 6.07) is 0. The number of hydrogen-bond acceptors (Lipinski definition) is 10. The van der Waals surface area contributed by atoms with Crippen molar-refractivity contribution < 1.29 is 43.1 Å². The Bertz CT molecular complexity index is 970. The number of piperidine rings is 1. The normalized spacial score (nSPS) is 34.6. The van der Waals surface area contributed by atoms with Crippen molar-refractivity contribution in [3.05, 3.63) is 0 Å². The number of aliphatic hydroxyl groups is 4. The highest BCUT2D eigenvalue weighted by Gasteiger charge is 2.72. The number of carbonyl (C=O) groups excluding carboxylic acids is 1. The molecule has 0 bridgehead atoms. The van der Waals surface area contributed by atoms with Crippen LogP contribution in [0.25, 0.3) is 0 Å². The lowest BCUT2D eigenvalue weighted by molar-refractivity contribution is -0.294. The molecule has 0 aromatic carbocycles. The highest BCUT2D eigenvalue weighted by molar-refractivity contribution is 6.21. The van der Waals surface area contributed by atoms with E-state index < -0.39 is 55.0 Å². The molecule has 4 saturated heterocycles. The quantitative estimate of drug-likeness (QED) is 0.118. The summed E-state index contributed by atoms with van der Waals surface area (Å²) >= 11 is 6.14. The Morgan fingerprint density at radius 3 is 2.33 bits per heavy atom. The molecule has 6 N–H and O–H groups in total. The fraction of sp³-hybridized carbons (Fsp3) is 0.967. The fourth-order valence-electron chi connectivity index (χ4n) is 7.69. The van der Waals surface area contributed by atoms with Crippen molar-refractivity contribution in [2.75, 3.05) is 65.6 Å². The van der Waals surface area contributed by atoms with Gasteiger partial charge in [-0.1, -0.05) is 0 Å². The van der Waals surface area contributed by atoms with Crippen LogP contribution in [0.1, 0.15) is 51.4 Å². The largest absolute Gasteiger partial charge is 0.394 e. The standard InChI is InChI=1S/C30H51ClF3N5O6/c31-21-12-35-28(36-13-21)37-7-5-19(6-8-37)2-1-9-45-22-4-3-20(23(32)11-22)10-26(43)38-16-29(17-38)30(33,34)18-39(29)14-24(41)27(44)25(42)15-40/h19-25,27-28,35-36,40-42,44H,1-18H2/t20?,21?,22?,23?,24-,25+,27-,28?/m0/s1. The van der Waals surface area contributed by atoms with Gasteiger partial charge in [-0.25, -0.2) is 13.2 Å². The molecule has 5 aliphatic rings. The minimum atomic E-state index is -3.09. The average Bonchev–Trinajstić information content (AvgIpc) is 2.99. The van der Waals surface area contributed by atoms with E-state index in [-0.39, 0.29) is 56.2 Å². The number of β-amino-alcohol motifs (C(OH)–C–C–N with tert-alkyl or cyclic N) is 1. The monoisotopic (exact) mass is 669 g/mol. The Balaban J connectivity index is 0.958. The van der Waals surface area contributed by atoms with E-state index in [0.29, 0.717) is 25.4 Å².